The Morgan fingerprint density at radius 1 is 1.30 bits per heavy atom. The summed E-state index contributed by atoms with van der Waals surface area (Å²) in [5.41, 5.74) is 8.46. The van der Waals surface area contributed by atoms with Crippen LogP contribution in [0.4, 0.5) is 5.82 Å². The highest BCUT2D eigenvalue weighted by Crippen LogP contribution is 2.30. The molecule has 2 heterocycles. The van der Waals surface area contributed by atoms with Gasteiger partial charge in [0.25, 0.3) is 0 Å². The molecule has 20 heavy (non-hydrogen) atoms. The van der Waals surface area contributed by atoms with E-state index in [1.807, 2.05) is 25.1 Å². The summed E-state index contributed by atoms with van der Waals surface area (Å²) < 4.78 is 12.2. The van der Waals surface area contributed by atoms with Crippen LogP contribution in [0, 0.1) is 6.92 Å². The van der Waals surface area contributed by atoms with E-state index in [0.29, 0.717) is 23.0 Å². The van der Waals surface area contributed by atoms with Gasteiger partial charge in [0.05, 0.1) is 13.4 Å². The Morgan fingerprint density at radius 3 is 2.85 bits per heavy atom. The number of ether oxygens (including phenoxy) is 1. The van der Waals surface area contributed by atoms with Gasteiger partial charge in [-0.05, 0) is 36.8 Å². The number of aryl methyl sites for hydroxylation is 1. The van der Waals surface area contributed by atoms with Crippen molar-refractivity contribution in [2.45, 2.75) is 6.92 Å². The highest BCUT2D eigenvalue weighted by atomic mass is 16.5. The zero-order chi connectivity index (χ0) is 14.1. The maximum absolute atomic E-state index is 6.12. The van der Waals surface area contributed by atoms with Crippen LogP contribution in [-0.4, -0.2) is 22.1 Å². The molecule has 0 aliphatic heterocycles. The summed E-state index contributed by atoms with van der Waals surface area (Å²) in [6, 6.07) is 9.34. The SMILES string of the molecule is COc1ccc(C)cc1-n1nnc(-c2ccco2)c1N. The Labute approximate surface area is 115 Å². The van der Waals surface area contributed by atoms with E-state index in [1.54, 1.807) is 30.2 Å². The number of nitrogens with zero attached hydrogens (tertiary/aromatic N) is 3. The molecule has 0 aliphatic rings. The van der Waals surface area contributed by atoms with Gasteiger partial charge in [-0.1, -0.05) is 11.3 Å². The fourth-order valence-corrected chi connectivity index (χ4v) is 2.02. The Morgan fingerprint density at radius 2 is 2.15 bits per heavy atom. The molecule has 3 aromatic rings. The first-order chi connectivity index (χ1) is 9.70. The van der Waals surface area contributed by atoms with Gasteiger partial charge < -0.3 is 14.9 Å². The normalized spacial score (nSPS) is 10.7. The monoisotopic (exact) mass is 270 g/mol. The van der Waals surface area contributed by atoms with E-state index in [4.69, 9.17) is 14.9 Å². The minimum absolute atomic E-state index is 0.406. The Kier molecular flexibility index (Phi) is 2.90. The highest BCUT2D eigenvalue weighted by molar-refractivity contribution is 5.67. The maximum Gasteiger partial charge on any atom is 0.172 e. The van der Waals surface area contributed by atoms with Gasteiger partial charge in [-0.2, -0.15) is 4.68 Å². The molecular weight excluding hydrogens is 256 g/mol. The third-order valence-corrected chi connectivity index (χ3v) is 3.02. The van der Waals surface area contributed by atoms with Crippen LogP contribution in [0.15, 0.2) is 41.0 Å². The molecule has 0 saturated carbocycles. The summed E-state index contributed by atoms with van der Waals surface area (Å²) in [7, 11) is 1.61. The largest absolute Gasteiger partial charge is 0.494 e. The number of hydrogen-bond donors (Lipinski definition) is 1. The van der Waals surface area contributed by atoms with Crippen molar-refractivity contribution in [3.05, 3.63) is 42.2 Å². The summed E-state index contributed by atoms with van der Waals surface area (Å²) in [5, 5.41) is 8.17. The lowest BCUT2D eigenvalue weighted by molar-refractivity contribution is 0.411. The molecule has 0 aliphatic carbocycles. The van der Waals surface area contributed by atoms with Crippen LogP contribution >= 0.6 is 0 Å². The van der Waals surface area contributed by atoms with Crippen LogP contribution in [0.2, 0.25) is 0 Å². The molecule has 0 atom stereocenters. The van der Waals surface area contributed by atoms with Gasteiger partial charge in [0.2, 0.25) is 0 Å². The van der Waals surface area contributed by atoms with Gasteiger partial charge in [-0.15, -0.1) is 5.10 Å². The molecule has 0 unspecified atom stereocenters. The average Bonchev–Trinajstić information content (AvgIpc) is 3.07. The number of nitrogens with two attached hydrogens (primary N) is 1. The van der Waals surface area contributed by atoms with Gasteiger partial charge in [0, 0.05) is 0 Å². The highest BCUT2D eigenvalue weighted by Gasteiger charge is 2.17. The van der Waals surface area contributed by atoms with Gasteiger partial charge >= 0.3 is 0 Å². The standard InChI is InChI=1S/C14H14N4O2/c1-9-5-6-11(19-2)10(8-9)18-14(15)13(16-17-18)12-4-3-7-20-12/h3-8H,15H2,1-2H3. The summed E-state index contributed by atoms with van der Waals surface area (Å²) >= 11 is 0. The van der Waals surface area contributed by atoms with Crippen molar-refractivity contribution < 1.29 is 9.15 Å². The smallest absolute Gasteiger partial charge is 0.172 e. The van der Waals surface area contributed by atoms with Crippen molar-refractivity contribution in [3.8, 4) is 22.9 Å². The first-order valence-electron chi connectivity index (χ1n) is 6.11. The number of anilines is 1. The molecule has 1 aromatic carbocycles. The molecule has 6 nitrogen and oxygen atoms in total. The van der Waals surface area contributed by atoms with Crippen LogP contribution in [-0.2, 0) is 0 Å². The summed E-state index contributed by atoms with van der Waals surface area (Å²) in [4.78, 5) is 0. The third-order valence-electron chi connectivity index (χ3n) is 3.02. The number of furan rings is 1. The Balaban J connectivity index is 2.15. The second-order valence-electron chi connectivity index (χ2n) is 4.39. The van der Waals surface area contributed by atoms with Crippen molar-refractivity contribution in [1.82, 2.24) is 15.0 Å². The van der Waals surface area contributed by atoms with Gasteiger partial charge in [0.1, 0.15) is 11.4 Å². The second-order valence-corrected chi connectivity index (χ2v) is 4.39. The van der Waals surface area contributed by atoms with E-state index in [-0.39, 0.29) is 0 Å². The Bertz CT molecular complexity index is 732. The third kappa shape index (κ3) is 1.91. The van der Waals surface area contributed by atoms with E-state index >= 15 is 0 Å². The lowest BCUT2D eigenvalue weighted by Gasteiger charge is -2.09. The van der Waals surface area contributed by atoms with E-state index in [1.165, 1.54) is 0 Å². The molecule has 0 fully saturated rings. The van der Waals surface area contributed by atoms with E-state index in [0.717, 1.165) is 11.3 Å². The van der Waals surface area contributed by atoms with Crippen LogP contribution in [0.3, 0.4) is 0 Å². The van der Waals surface area contributed by atoms with Crippen LogP contribution in [0.1, 0.15) is 5.56 Å². The molecule has 6 heteroatoms. The van der Waals surface area contributed by atoms with E-state index in [2.05, 4.69) is 10.3 Å². The number of nitrogen functional groups attached to an aromatic ring is 1. The first-order valence-corrected chi connectivity index (χ1v) is 6.11. The summed E-state index contributed by atoms with van der Waals surface area (Å²) in [5.74, 6) is 1.67. The quantitative estimate of drug-likeness (QED) is 0.790. The lowest BCUT2D eigenvalue weighted by atomic mass is 10.2. The van der Waals surface area contributed by atoms with Crippen molar-refractivity contribution in [3.63, 3.8) is 0 Å². The van der Waals surface area contributed by atoms with Crippen LogP contribution < -0.4 is 10.5 Å². The van der Waals surface area contributed by atoms with Gasteiger partial charge in [-0.3, -0.25) is 0 Å². The molecule has 0 radical (unpaired) electrons. The zero-order valence-corrected chi connectivity index (χ0v) is 11.2. The molecule has 0 amide bonds. The van der Waals surface area contributed by atoms with E-state index < -0.39 is 0 Å². The van der Waals surface area contributed by atoms with Crippen molar-refractivity contribution in [2.75, 3.05) is 12.8 Å². The van der Waals surface area contributed by atoms with Crippen LogP contribution in [0.5, 0.6) is 5.75 Å². The van der Waals surface area contributed by atoms with Gasteiger partial charge in [-0.25, -0.2) is 0 Å². The number of benzene rings is 1. The minimum Gasteiger partial charge on any atom is -0.494 e. The molecule has 102 valence electrons. The van der Waals surface area contributed by atoms with E-state index in [9.17, 15) is 0 Å². The van der Waals surface area contributed by atoms with Crippen molar-refractivity contribution in [1.29, 1.82) is 0 Å². The average molecular weight is 270 g/mol. The number of rotatable bonds is 3. The first kappa shape index (κ1) is 12.3. The molecule has 3 rings (SSSR count). The van der Waals surface area contributed by atoms with Crippen molar-refractivity contribution in [2.24, 2.45) is 0 Å². The molecule has 0 saturated heterocycles. The lowest BCUT2D eigenvalue weighted by Crippen LogP contribution is -2.04. The Hall–Kier alpha value is -2.76. The predicted octanol–water partition coefficient (Wildman–Crippen LogP) is 2.43. The molecule has 0 bridgehead atoms. The summed E-state index contributed by atoms with van der Waals surface area (Å²) in [6.45, 7) is 1.99. The molecule has 2 N–H and O–H groups in total. The maximum atomic E-state index is 6.12. The van der Waals surface area contributed by atoms with Gasteiger partial charge in [0.15, 0.2) is 17.3 Å². The topological polar surface area (TPSA) is 79.1 Å². The molecule has 2 aromatic heterocycles. The van der Waals surface area contributed by atoms with Crippen molar-refractivity contribution >= 4 is 5.82 Å². The number of methoxy groups -OCH3 is 1. The number of hydrogen-bond acceptors (Lipinski definition) is 5. The second kappa shape index (κ2) is 4.73. The fraction of sp³-hybridized carbons (Fsp3) is 0.143. The number of aromatic nitrogens is 3. The van der Waals surface area contributed by atoms with Crippen LogP contribution in [0.25, 0.3) is 17.1 Å². The summed E-state index contributed by atoms with van der Waals surface area (Å²) in [6.07, 6.45) is 1.57. The molecular formula is C14H14N4O2. The zero-order valence-electron chi connectivity index (χ0n) is 11.2. The molecule has 0 spiro atoms. The fourth-order valence-electron chi connectivity index (χ4n) is 2.02. The predicted molar refractivity (Wildman–Crippen MR) is 74.8 cm³/mol. The minimum atomic E-state index is 0.406.